The van der Waals surface area contributed by atoms with Crippen LogP contribution in [0.4, 0.5) is 5.13 Å². The Labute approximate surface area is 148 Å². The Hall–Kier alpha value is -2.25. The van der Waals surface area contributed by atoms with Gasteiger partial charge in [-0.2, -0.15) is 0 Å². The minimum Gasteiger partial charge on any atom is -0.301 e. The third kappa shape index (κ3) is 4.39. The highest BCUT2D eigenvalue weighted by Crippen LogP contribution is 2.25. The van der Waals surface area contributed by atoms with Crippen LogP contribution in [0.15, 0.2) is 46.8 Å². The van der Waals surface area contributed by atoms with Crippen LogP contribution in [0.5, 0.6) is 0 Å². The largest absolute Gasteiger partial charge is 0.301 e. The van der Waals surface area contributed by atoms with Gasteiger partial charge in [0.1, 0.15) is 10.9 Å². The summed E-state index contributed by atoms with van der Waals surface area (Å²) in [5.41, 5.74) is 2.80. The smallest absolute Gasteiger partial charge is 0.236 e. The normalized spacial score (nSPS) is 10.6. The number of carbonyl (C=O) groups excluding carboxylic acids is 1. The predicted octanol–water partition coefficient (Wildman–Crippen LogP) is 3.95. The first-order valence-corrected chi connectivity index (χ1v) is 9.22. The molecule has 0 saturated carbocycles. The van der Waals surface area contributed by atoms with Crippen LogP contribution in [0.2, 0.25) is 0 Å². The molecule has 0 aliphatic rings. The SMILES string of the molecule is Cc1cc(SCC(=O)Nc2nc(-c3ccccc3)cs2)nc(C)n1. The van der Waals surface area contributed by atoms with Crippen molar-refractivity contribution < 1.29 is 4.79 Å². The van der Waals surface area contributed by atoms with Crippen LogP contribution in [0.25, 0.3) is 11.3 Å². The van der Waals surface area contributed by atoms with Gasteiger partial charge in [-0.25, -0.2) is 15.0 Å². The molecule has 0 radical (unpaired) electrons. The summed E-state index contributed by atoms with van der Waals surface area (Å²) in [5, 5.41) is 6.19. The molecule has 0 aliphatic heterocycles. The molecule has 0 fully saturated rings. The Bertz CT molecular complexity index is 829. The summed E-state index contributed by atoms with van der Waals surface area (Å²) in [7, 11) is 0. The number of aromatic nitrogens is 3. The van der Waals surface area contributed by atoms with Crippen LogP contribution >= 0.6 is 23.1 Å². The highest BCUT2D eigenvalue weighted by molar-refractivity contribution is 7.99. The van der Waals surface area contributed by atoms with Crippen molar-refractivity contribution in [1.29, 1.82) is 0 Å². The molecule has 0 atom stereocenters. The van der Waals surface area contributed by atoms with E-state index < -0.39 is 0 Å². The molecule has 0 unspecified atom stereocenters. The van der Waals surface area contributed by atoms with E-state index in [0.717, 1.165) is 22.0 Å². The van der Waals surface area contributed by atoms with Crippen LogP contribution in [0.1, 0.15) is 11.5 Å². The molecule has 1 aromatic carbocycles. The van der Waals surface area contributed by atoms with E-state index in [1.165, 1.54) is 23.1 Å². The summed E-state index contributed by atoms with van der Waals surface area (Å²) in [4.78, 5) is 25.1. The maximum atomic E-state index is 12.1. The van der Waals surface area contributed by atoms with Crippen molar-refractivity contribution >= 4 is 34.1 Å². The zero-order valence-corrected chi connectivity index (χ0v) is 14.9. The average molecular weight is 356 g/mol. The minimum atomic E-state index is -0.0946. The van der Waals surface area contributed by atoms with Crippen LogP contribution in [-0.4, -0.2) is 26.6 Å². The quantitative estimate of drug-likeness (QED) is 0.554. The zero-order chi connectivity index (χ0) is 16.9. The molecule has 5 nitrogen and oxygen atoms in total. The number of thiazole rings is 1. The van der Waals surface area contributed by atoms with E-state index in [1.807, 2.05) is 55.6 Å². The van der Waals surface area contributed by atoms with E-state index >= 15 is 0 Å². The molecule has 1 N–H and O–H groups in total. The van der Waals surface area contributed by atoms with Crippen LogP contribution < -0.4 is 5.32 Å². The molecule has 0 spiro atoms. The average Bonchev–Trinajstić information content (AvgIpc) is 3.01. The monoisotopic (exact) mass is 356 g/mol. The number of rotatable bonds is 5. The third-order valence-electron chi connectivity index (χ3n) is 3.11. The van der Waals surface area contributed by atoms with Crippen molar-refractivity contribution in [3.05, 3.63) is 53.3 Å². The Morgan fingerprint density at radius 2 is 1.96 bits per heavy atom. The summed E-state index contributed by atoms with van der Waals surface area (Å²) < 4.78 is 0. The standard InChI is InChI=1S/C17H16N4OS2/c1-11-8-16(19-12(2)18-11)23-10-15(22)21-17-20-14(9-24-17)13-6-4-3-5-7-13/h3-9H,10H2,1-2H3,(H,20,21,22). The Kier molecular flexibility index (Phi) is 5.22. The summed E-state index contributed by atoms with van der Waals surface area (Å²) in [6.07, 6.45) is 0. The first-order chi connectivity index (χ1) is 11.6. The number of amides is 1. The maximum absolute atomic E-state index is 12.1. The second-order valence-corrected chi connectivity index (χ2v) is 6.99. The van der Waals surface area contributed by atoms with Crippen LogP contribution in [-0.2, 0) is 4.79 Å². The fraction of sp³-hybridized carbons (Fsp3) is 0.176. The van der Waals surface area contributed by atoms with E-state index in [-0.39, 0.29) is 11.7 Å². The number of thioether (sulfide) groups is 1. The van der Waals surface area contributed by atoms with Gasteiger partial charge in [0.15, 0.2) is 5.13 Å². The lowest BCUT2D eigenvalue weighted by Crippen LogP contribution is -2.14. The number of hydrogen-bond acceptors (Lipinski definition) is 6. The molecule has 2 aromatic heterocycles. The van der Waals surface area contributed by atoms with E-state index in [2.05, 4.69) is 20.3 Å². The zero-order valence-electron chi connectivity index (χ0n) is 13.3. The summed E-state index contributed by atoms with van der Waals surface area (Å²) in [5.74, 6) is 0.907. The van der Waals surface area contributed by atoms with E-state index in [1.54, 1.807) is 0 Å². The first-order valence-electron chi connectivity index (χ1n) is 7.36. The highest BCUT2D eigenvalue weighted by Gasteiger charge is 2.09. The van der Waals surface area contributed by atoms with Gasteiger partial charge in [-0.15, -0.1) is 11.3 Å². The molecule has 0 aliphatic carbocycles. The molecular weight excluding hydrogens is 340 g/mol. The molecule has 1 amide bonds. The van der Waals surface area contributed by atoms with Crippen molar-refractivity contribution in [1.82, 2.24) is 15.0 Å². The fourth-order valence-electron chi connectivity index (χ4n) is 2.12. The van der Waals surface area contributed by atoms with Gasteiger partial charge < -0.3 is 5.32 Å². The molecule has 0 saturated heterocycles. The van der Waals surface area contributed by atoms with Gasteiger partial charge in [-0.1, -0.05) is 42.1 Å². The number of carbonyl (C=O) groups is 1. The Morgan fingerprint density at radius 3 is 2.71 bits per heavy atom. The van der Waals surface area contributed by atoms with E-state index in [0.29, 0.717) is 11.0 Å². The van der Waals surface area contributed by atoms with Crippen molar-refractivity contribution in [3.8, 4) is 11.3 Å². The van der Waals surface area contributed by atoms with Crippen molar-refractivity contribution in [3.63, 3.8) is 0 Å². The lowest BCUT2D eigenvalue weighted by Gasteiger charge is -2.03. The topological polar surface area (TPSA) is 67.8 Å². The van der Waals surface area contributed by atoms with E-state index in [4.69, 9.17) is 0 Å². The second kappa shape index (κ2) is 7.55. The minimum absolute atomic E-state index is 0.0946. The number of nitrogens with one attached hydrogen (secondary N) is 1. The summed E-state index contributed by atoms with van der Waals surface area (Å²) in [6.45, 7) is 3.76. The number of aryl methyl sites for hydroxylation is 2. The van der Waals surface area contributed by atoms with Crippen molar-refractivity contribution in [2.24, 2.45) is 0 Å². The fourth-order valence-corrected chi connectivity index (χ4v) is 3.66. The molecule has 2 heterocycles. The van der Waals surface area contributed by atoms with Crippen molar-refractivity contribution in [2.45, 2.75) is 18.9 Å². The Morgan fingerprint density at radius 1 is 1.17 bits per heavy atom. The number of nitrogens with zero attached hydrogens (tertiary/aromatic N) is 3. The highest BCUT2D eigenvalue weighted by atomic mass is 32.2. The first kappa shape index (κ1) is 16.6. The lowest BCUT2D eigenvalue weighted by atomic mass is 10.2. The van der Waals surface area contributed by atoms with Gasteiger partial charge in [0.05, 0.1) is 11.4 Å². The molecule has 3 rings (SSSR count). The summed E-state index contributed by atoms with van der Waals surface area (Å²) >= 11 is 2.81. The predicted molar refractivity (Wildman–Crippen MR) is 98.4 cm³/mol. The van der Waals surface area contributed by atoms with Crippen LogP contribution in [0.3, 0.4) is 0 Å². The summed E-state index contributed by atoms with van der Waals surface area (Å²) in [6, 6.07) is 11.8. The molecule has 7 heteroatoms. The van der Waals surface area contributed by atoms with E-state index in [9.17, 15) is 4.79 Å². The van der Waals surface area contributed by atoms with Crippen LogP contribution in [0, 0.1) is 13.8 Å². The molecule has 0 bridgehead atoms. The van der Waals surface area contributed by atoms with Gasteiger partial charge in [-0.05, 0) is 19.9 Å². The van der Waals surface area contributed by atoms with Gasteiger partial charge in [0.2, 0.25) is 5.91 Å². The number of anilines is 1. The third-order valence-corrected chi connectivity index (χ3v) is 4.78. The molecular formula is C17H16N4OS2. The van der Waals surface area contributed by atoms with Gasteiger partial charge in [-0.3, -0.25) is 4.79 Å². The Balaban J connectivity index is 1.58. The lowest BCUT2D eigenvalue weighted by molar-refractivity contribution is -0.113. The van der Waals surface area contributed by atoms with Gasteiger partial charge in [0.25, 0.3) is 0 Å². The molecule has 3 aromatic rings. The maximum Gasteiger partial charge on any atom is 0.236 e. The number of benzene rings is 1. The van der Waals surface area contributed by atoms with Crippen molar-refractivity contribution in [2.75, 3.05) is 11.1 Å². The van der Waals surface area contributed by atoms with Gasteiger partial charge >= 0.3 is 0 Å². The molecule has 24 heavy (non-hydrogen) atoms. The molecule has 122 valence electrons. The number of hydrogen-bond donors (Lipinski definition) is 1. The van der Waals surface area contributed by atoms with Gasteiger partial charge in [0, 0.05) is 16.6 Å². The second-order valence-electron chi connectivity index (χ2n) is 5.14.